The average Bonchev–Trinajstić information content (AvgIpc) is 2.87. The first kappa shape index (κ1) is 20.9. The maximum absolute atomic E-state index is 5.97. The first-order valence-corrected chi connectivity index (χ1v) is 11.4. The summed E-state index contributed by atoms with van der Waals surface area (Å²) in [6.45, 7) is 1.35. The maximum Gasteiger partial charge on any atom is 0.205 e. The van der Waals surface area contributed by atoms with E-state index in [9.17, 15) is 0 Å². The predicted molar refractivity (Wildman–Crippen MR) is 141 cm³/mol. The molecular weight excluding hydrogens is 400 g/mol. The van der Waals surface area contributed by atoms with Crippen LogP contribution in [0.5, 0.6) is 0 Å². The van der Waals surface area contributed by atoms with Crippen LogP contribution in [0.25, 0.3) is 45.8 Å². The molecule has 2 N–H and O–H groups in total. The Bertz CT molecular complexity index is 1370. The van der Waals surface area contributed by atoms with Gasteiger partial charge in [-0.05, 0) is 63.0 Å². The minimum atomic E-state index is 0.586. The van der Waals surface area contributed by atoms with E-state index in [0.29, 0.717) is 6.54 Å². The van der Waals surface area contributed by atoms with Gasteiger partial charge in [-0.15, -0.1) is 0 Å². The molecule has 0 aliphatic carbocycles. The molecule has 0 bridgehead atoms. The lowest BCUT2D eigenvalue weighted by molar-refractivity contribution is -0.697. The summed E-state index contributed by atoms with van der Waals surface area (Å²) in [6, 6.07) is 36.4. The molecule has 5 aromatic rings. The molecule has 0 spiro atoms. The molecule has 0 atom stereocenters. The van der Waals surface area contributed by atoms with Crippen molar-refractivity contribution < 1.29 is 4.57 Å². The molecule has 4 aromatic carbocycles. The number of benzene rings is 4. The van der Waals surface area contributed by atoms with Gasteiger partial charge in [-0.2, -0.15) is 4.57 Å². The summed E-state index contributed by atoms with van der Waals surface area (Å²) in [4.78, 5) is 0. The molecule has 2 heteroatoms. The minimum Gasteiger partial charge on any atom is -0.325 e. The summed E-state index contributed by atoms with van der Waals surface area (Å²) in [5.41, 5.74) is 10.6. The fourth-order valence-electron chi connectivity index (χ4n) is 4.24. The highest BCUT2D eigenvalue weighted by Gasteiger charge is 2.12. The monoisotopic (exact) mass is 427 g/mol. The number of hydrogen-bond acceptors (Lipinski definition) is 1. The lowest BCUT2D eigenvalue weighted by Crippen LogP contribution is -2.43. The predicted octanol–water partition coefficient (Wildman–Crippen LogP) is 6.58. The number of nitrogens with two attached hydrogens (primary N) is 1. The Kier molecular flexibility index (Phi) is 6.10. The number of fused-ring (bicyclic) bond motifs is 2. The summed E-state index contributed by atoms with van der Waals surface area (Å²) in [7, 11) is 0. The first-order chi connectivity index (χ1) is 16.3. The van der Waals surface area contributed by atoms with E-state index >= 15 is 0 Å². The van der Waals surface area contributed by atoms with Gasteiger partial charge in [0.15, 0.2) is 6.54 Å². The van der Waals surface area contributed by atoms with Gasteiger partial charge in [-0.25, -0.2) is 0 Å². The molecule has 0 fully saturated rings. The largest absolute Gasteiger partial charge is 0.325 e. The van der Waals surface area contributed by atoms with Crippen molar-refractivity contribution in [3.05, 3.63) is 126 Å². The number of pyridine rings is 1. The third kappa shape index (κ3) is 4.77. The fourth-order valence-corrected chi connectivity index (χ4v) is 4.24. The molecule has 5 rings (SSSR count). The number of hydrogen-bond donors (Lipinski definition) is 1. The van der Waals surface area contributed by atoms with Gasteiger partial charge in [0.05, 0.1) is 6.54 Å². The molecule has 33 heavy (non-hydrogen) atoms. The normalized spacial score (nSPS) is 11.8. The van der Waals surface area contributed by atoms with Gasteiger partial charge in [-0.1, -0.05) is 72.8 Å². The summed E-state index contributed by atoms with van der Waals surface area (Å²) in [6.07, 6.45) is 8.69. The Morgan fingerprint density at radius 3 is 1.48 bits per heavy atom. The summed E-state index contributed by atoms with van der Waals surface area (Å²) in [5, 5.41) is 5.02. The van der Waals surface area contributed by atoms with E-state index in [0.717, 1.165) is 17.9 Å². The second-order valence-corrected chi connectivity index (χ2v) is 8.20. The molecule has 0 amide bonds. The zero-order valence-corrected chi connectivity index (χ0v) is 18.6. The van der Waals surface area contributed by atoms with Crippen LogP contribution in [0, 0.1) is 0 Å². The minimum absolute atomic E-state index is 0.586. The zero-order chi connectivity index (χ0) is 22.5. The molecule has 0 unspecified atom stereocenters. The summed E-state index contributed by atoms with van der Waals surface area (Å²) < 4.78 is 2.27. The SMILES string of the molecule is NCC[n+]1c(/C=C/c2ccc3ccccc3c2)cccc1/C=C/c1ccc2ccccc2c1. The van der Waals surface area contributed by atoms with E-state index in [1.54, 1.807) is 0 Å². The molecule has 160 valence electrons. The van der Waals surface area contributed by atoms with Gasteiger partial charge in [0.25, 0.3) is 0 Å². The third-order valence-electron chi connectivity index (χ3n) is 5.95. The molecule has 1 heterocycles. The number of nitrogens with zero attached hydrogens (tertiary/aromatic N) is 1. The molecule has 1 aromatic heterocycles. The number of aromatic nitrogens is 1. The van der Waals surface area contributed by atoms with E-state index in [2.05, 4.69) is 132 Å². The molecule has 0 saturated carbocycles. The topological polar surface area (TPSA) is 29.9 Å². The van der Waals surface area contributed by atoms with E-state index in [1.165, 1.54) is 32.7 Å². The fraction of sp³-hybridized carbons (Fsp3) is 0.0645. The van der Waals surface area contributed by atoms with Crippen molar-refractivity contribution in [2.75, 3.05) is 6.54 Å². The Morgan fingerprint density at radius 1 is 0.515 bits per heavy atom. The van der Waals surface area contributed by atoms with Crippen molar-refractivity contribution in [2.45, 2.75) is 6.54 Å². The highest BCUT2D eigenvalue weighted by molar-refractivity contribution is 5.86. The Labute approximate surface area is 194 Å². The molecular formula is C31H27N2+. The average molecular weight is 428 g/mol. The van der Waals surface area contributed by atoms with Gasteiger partial charge in [0.1, 0.15) is 0 Å². The first-order valence-electron chi connectivity index (χ1n) is 11.4. The van der Waals surface area contributed by atoms with Crippen molar-refractivity contribution in [1.29, 1.82) is 0 Å². The molecule has 0 radical (unpaired) electrons. The lowest BCUT2D eigenvalue weighted by atomic mass is 10.1. The Balaban J connectivity index is 1.45. The second-order valence-electron chi connectivity index (χ2n) is 8.20. The van der Waals surface area contributed by atoms with Crippen molar-refractivity contribution >= 4 is 45.8 Å². The van der Waals surface area contributed by atoms with Crippen molar-refractivity contribution in [2.24, 2.45) is 5.73 Å². The molecule has 0 saturated heterocycles. The highest BCUT2D eigenvalue weighted by Crippen LogP contribution is 2.19. The zero-order valence-electron chi connectivity index (χ0n) is 18.6. The summed E-state index contributed by atoms with van der Waals surface area (Å²) in [5.74, 6) is 0. The highest BCUT2D eigenvalue weighted by atomic mass is 15.0. The quantitative estimate of drug-likeness (QED) is 0.305. The van der Waals surface area contributed by atoms with Gasteiger partial charge in [0, 0.05) is 24.3 Å². The van der Waals surface area contributed by atoms with E-state index < -0.39 is 0 Å². The van der Waals surface area contributed by atoms with Crippen molar-refractivity contribution in [1.82, 2.24) is 0 Å². The van der Waals surface area contributed by atoms with Crippen molar-refractivity contribution in [3.63, 3.8) is 0 Å². The second kappa shape index (κ2) is 9.64. The van der Waals surface area contributed by atoms with E-state index in [1.807, 2.05) is 0 Å². The van der Waals surface area contributed by atoms with Crippen LogP contribution >= 0.6 is 0 Å². The number of rotatable bonds is 6. The maximum atomic E-state index is 5.97. The molecule has 0 aliphatic heterocycles. The van der Waals surface area contributed by atoms with Crippen LogP contribution in [-0.2, 0) is 6.54 Å². The third-order valence-corrected chi connectivity index (χ3v) is 5.95. The Morgan fingerprint density at radius 2 is 1.00 bits per heavy atom. The summed E-state index contributed by atoms with van der Waals surface area (Å²) >= 11 is 0. The van der Waals surface area contributed by atoms with E-state index in [-0.39, 0.29) is 0 Å². The van der Waals surface area contributed by atoms with Gasteiger partial charge < -0.3 is 5.73 Å². The van der Waals surface area contributed by atoms with Crippen LogP contribution in [0.1, 0.15) is 22.5 Å². The van der Waals surface area contributed by atoms with Gasteiger partial charge in [-0.3, -0.25) is 0 Å². The lowest BCUT2D eigenvalue weighted by Gasteiger charge is -2.04. The van der Waals surface area contributed by atoms with Crippen LogP contribution in [0.3, 0.4) is 0 Å². The standard InChI is InChI=1S/C31H27N2/c32-20-21-33-30(18-14-24-12-16-26-6-1-3-8-28(26)22-24)10-5-11-31(33)19-15-25-13-17-27-7-2-4-9-29(27)23-25/h1-19,22-23H,20-21,32H2/q+1/b18-14+,19-15+. The van der Waals surface area contributed by atoms with Gasteiger partial charge in [0.2, 0.25) is 11.4 Å². The van der Waals surface area contributed by atoms with Crippen LogP contribution in [0.15, 0.2) is 103 Å². The van der Waals surface area contributed by atoms with Gasteiger partial charge >= 0.3 is 0 Å². The van der Waals surface area contributed by atoms with Crippen LogP contribution < -0.4 is 10.3 Å². The van der Waals surface area contributed by atoms with E-state index in [4.69, 9.17) is 5.73 Å². The smallest absolute Gasteiger partial charge is 0.205 e. The van der Waals surface area contributed by atoms with Crippen LogP contribution in [-0.4, -0.2) is 6.54 Å². The van der Waals surface area contributed by atoms with Crippen LogP contribution in [0.4, 0.5) is 0 Å². The van der Waals surface area contributed by atoms with Crippen molar-refractivity contribution in [3.8, 4) is 0 Å². The Hall–Kier alpha value is -4.01. The molecule has 2 nitrogen and oxygen atoms in total. The molecule has 0 aliphatic rings. The van der Waals surface area contributed by atoms with Crippen LogP contribution in [0.2, 0.25) is 0 Å².